The van der Waals surface area contributed by atoms with E-state index in [0.717, 1.165) is 33.6 Å². The van der Waals surface area contributed by atoms with Crippen molar-refractivity contribution in [1.29, 1.82) is 0 Å². The predicted molar refractivity (Wildman–Crippen MR) is 148 cm³/mol. The van der Waals surface area contributed by atoms with E-state index < -0.39 is 16.1 Å². The largest absolute Gasteiger partial charge is 0.597 e. The molecule has 1 aliphatic rings. The van der Waals surface area contributed by atoms with E-state index in [9.17, 15) is 14.5 Å². The maximum atomic E-state index is 13.5. The fourth-order valence-corrected chi connectivity index (χ4v) is 6.11. The molecule has 0 saturated carbocycles. The van der Waals surface area contributed by atoms with Crippen LogP contribution in [0.1, 0.15) is 61.8 Å². The summed E-state index contributed by atoms with van der Waals surface area (Å²) in [5.74, 6) is 0.521. The summed E-state index contributed by atoms with van der Waals surface area (Å²) in [6.45, 7) is 8.56. The maximum absolute atomic E-state index is 13.5. The topological polar surface area (TPSA) is 97.8 Å². The van der Waals surface area contributed by atoms with E-state index in [-0.39, 0.29) is 18.6 Å². The van der Waals surface area contributed by atoms with Crippen molar-refractivity contribution >= 4 is 17.3 Å². The lowest BCUT2D eigenvalue weighted by Gasteiger charge is -2.33. The van der Waals surface area contributed by atoms with Crippen molar-refractivity contribution in [3.63, 3.8) is 0 Å². The first kappa shape index (κ1) is 27.1. The van der Waals surface area contributed by atoms with Gasteiger partial charge in [-0.25, -0.2) is 4.98 Å². The molecule has 0 spiro atoms. The molecule has 196 valence electrons. The van der Waals surface area contributed by atoms with Crippen LogP contribution in [-0.2, 0) is 17.9 Å². The van der Waals surface area contributed by atoms with Gasteiger partial charge in [0.1, 0.15) is 16.2 Å². The Morgan fingerprint density at radius 1 is 1.16 bits per heavy atom. The molecule has 37 heavy (non-hydrogen) atoms. The molecule has 1 aromatic heterocycles. The highest BCUT2D eigenvalue weighted by atomic mass is 32.2. The zero-order valence-corrected chi connectivity index (χ0v) is 22.9. The van der Waals surface area contributed by atoms with Crippen LogP contribution in [0.4, 0.5) is 0 Å². The van der Waals surface area contributed by atoms with Crippen LogP contribution in [0, 0.1) is 0 Å². The first-order valence-corrected chi connectivity index (χ1v) is 13.6. The molecule has 3 aromatic rings. The summed E-state index contributed by atoms with van der Waals surface area (Å²) in [5, 5.41) is 12.8. The third-order valence-corrected chi connectivity index (χ3v) is 8.26. The summed E-state index contributed by atoms with van der Waals surface area (Å²) in [4.78, 5) is 17.7. The number of fused-ring (bicyclic) bond motifs is 1. The van der Waals surface area contributed by atoms with Gasteiger partial charge in [-0.3, -0.25) is 4.79 Å². The summed E-state index contributed by atoms with van der Waals surface area (Å²) in [7, 11) is 1.64. The van der Waals surface area contributed by atoms with Crippen LogP contribution in [0.2, 0.25) is 0 Å². The highest BCUT2D eigenvalue weighted by Gasteiger charge is 2.44. The molecule has 1 aliphatic heterocycles. The molecular formula is C29H35N3O4S. The van der Waals surface area contributed by atoms with E-state index in [1.165, 1.54) is 0 Å². The second-order valence-corrected chi connectivity index (χ2v) is 12.3. The third-order valence-electron chi connectivity index (χ3n) is 6.40. The van der Waals surface area contributed by atoms with Gasteiger partial charge in [-0.05, 0) is 75.1 Å². The summed E-state index contributed by atoms with van der Waals surface area (Å²) in [6.07, 6.45) is 0.416. The smallest absolute Gasteiger partial charge is 0.269 e. The molecule has 4 rings (SSSR count). The van der Waals surface area contributed by atoms with Crippen LogP contribution in [0.25, 0.3) is 22.4 Å². The van der Waals surface area contributed by atoms with Gasteiger partial charge < -0.3 is 19.7 Å². The van der Waals surface area contributed by atoms with E-state index in [4.69, 9.17) is 9.72 Å². The van der Waals surface area contributed by atoms with Crippen molar-refractivity contribution in [3.05, 3.63) is 71.4 Å². The van der Waals surface area contributed by atoms with Gasteiger partial charge >= 0.3 is 0 Å². The number of hydrogen-bond acceptors (Lipinski definition) is 6. The molecule has 1 unspecified atom stereocenters. The number of hydrogen-bond donors (Lipinski definition) is 2. The monoisotopic (exact) mass is 521 g/mol. The number of aliphatic hydroxyl groups excluding tert-OH is 1. The zero-order chi connectivity index (χ0) is 26.7. The van der Waals surface area contributed by atoms with E-state index >= 15 is 0 Å². The maximum Gasteiger partial charge on any atom is 0.269 e. The van der Waals surface area contributed by atoms with Gasteiger partial charge in [0.15, 0.2) is 0 Å². The Labute approximate surface area is 222 Å². The Balaban J connectivity index is 1.89. The lowest BCUT2D eigenvalue weighted by Crippen LogP contribution is -2.42. The van der Waals surface area contributed by atoms with Crippen LogP contribution in [0.15, 0.2) is 54.6 Å². The summed E-state index contributed by atoms with van der Waals surface area (Å²) >= 11 is -1.31. The standard InChI is InChI=1S/C29H35N3O4S/c1-6-30-28(34)24-17-22-18-32(37(35)29(2,3)4)25(13-14-33)26(22)27(31-24)21-11-7-9-19(15-21)20-10-8-12-23(16-20)36-5/h7-12,15-17,25,33H,6,13-14,18H2,1-5H3,(H,30,34)/t25-,37?/m0/s1. The van der Waals surface area contributed by atoms with Crippen molar-refractivity contribution in [2.75, 3.05) is 20.3 Å². The molecule has 2 atom stereocenters. The number of amides is 1. The van der Waals surface area contributed by atoms with Crippen molar-refractivity contribution in [2.45, 2.75) is 51.4 Å². The highest BCUT2D eigenvalue weighted by molar-refractivity contribution is 7.90. The minimum Gasteiger partial charge on any atom is -0.597 e. The first-order valence-electron chi connectivity index (χ1n) is 12.5. The van der Waals surface area contributed by atoms with Crippen LogP contribution in [0.5, 0.6) is 5.75 Å². The average Bonchev–Trinajstić information content (AvgIpc) is 3.25. The molecule has 2 N–H and O–H groups in total. The number of aliphatic hydroxyl groups is 1. The molecule has 0 fully saturated rings. The van der Waals surface area contributed by atoms with Gasteiger partial charge in [0.2, 0.25) is 0 Å². The van der Waals surface area contributed by atoms with Crippen LogP contribution in [0.3, 0.4) is 0 Å². The number of methoxy groups -OCH3 is 1. The fraction of sp³-hybridized carbons (Fsp3) is 0.379. The SMILES string of the molecule is CCNC(=O)c1cc2c(c(-c3cccc(-c4cccc(OC)c4)c3)n1)[C@H](CCO)N([S+]([O-])C(C)(C)C)C2. The van der Waals surface area contributed by atoms with E-state index in [1.807, 2.05) is 74.5 Å². The quantitative estimate of drug-likeness (QED) is 0.410. The van der Waals surface area contributed by atoms with Gasteiger partial charge in [-0.15, -0.1) is 4.31 Å². The molecule has 7 nitrogen and oxygen atoms in total. The predicted octanol–water partition coefficient (Wildman–Crippen LogP) is 4.88. The van der Waals surface area contributed by atoms with Crippen molar-refractivity contribution in [3.8, 4) is 28.1 Å². The van der Waals surface area contributed by atoms with Gasteiger partial charge in [0.05, 0.1) is 25.4 Å². The van der Waals surface area contributed by atoms with Crippen LogP contribution < -0.4 is 10.1 Å². The van der Waals surface area contributed by atoms with Gasteiger partial charge in [-0.1, -0.05) is 30.3 Å². The molecule has 0 bridgehead atoms. The summed E-state index contributed by atoms with van der Waals surface area (Å²) in [5.41, 5.74) is 5.68. The molecule has 2 aromatic carbocycles. The number of pyridine rings is 1. The number of ether oxygens (including phenoxy) is 1. The van der Waals surface area contributed by atoms with Gasteiger partial charge in [-0.2, -0.15) is 0 Å². The Kier molecular flexibility index (Phi) is 8.23. The number of aromatic nitrogens is 1. The molecular weight excluding hydrogens is 486 g/mol. The highest BCUT2D eigenvalue weighted by Crippen LogP contribution is 2.45. The fourth-order valence-electron chi connectivity index (χ4n) is 4.71. The molecule has 1 amide bonds. The first-order chi connectivity index (χ1) is 17.7. The minimum absolute atomic E-state index is 0.0523. The Morgan fingerprint density at radius 3 is 2.49 bits per heavy atom. The molecule has 8 heteroatoms. The second-order valence-electron chi connectivity index (χ2n) is 10.1. The number of carbonyl (C=O) groups is 1. The van der Waals surface area contributed by atoms with Crippen LogP contribution >= 0.6 is 0 Å². The lowest BCUT2D eigenvalue weighted by molar-refractivity contribution is 0.0951. The number of benzene rings is 2. The zero-order valence-electron chi connectivity index (χ0n) is 22.1. The number of carbonyl (C=O) groups excluding carboxylic acids is 1. The number of nitrogens with zero attached hydrogens (tertiary/aromatic N) is 2. The Hall–Kier alpha value is -2.91. The van der Waals surface area contributed by atoms with E-state index in [0.29, 0.717) is 30.9 Å². The van der Waals surface area contributed by atoms with E-state index in [1.54, 1.807) is 13.2 Å². The van der Waals surface area contributed by atoms with E-state index in [2.05, 4.69) is 11.4 Å². The van der Waals surface area contributed by atoms with Crippen molar-refractivity contribution < 1.29 is 19.2 Å². The minimum atomic E-state index is -1.31. The van der Waals surface area contributed by atoms with Crippen LogP contribution in [-0.4, -0.2) is 49.9 Å². The number of nitrogens with one attached hydrogen (secondary N) is 1. The molecule has 0 saturated heterocycles. The molecule has 0 radical (unpaired) electrons. The summed E-state index contributed by atoms with van der Waals surface area (Å²) < 4.78 is 20.4. The van der Waals surface area contributed by atoms with Gasteiger partial charge in [0, 0.05) is 35.6 Å². The average molecular weight is 522 g/mol. The molecule has 2 heterocycles. The molecule has 0 aliphatic carbocycles. The lowest BCUT2D eigenvalue weighted by atomic mass is 9.94. The Bertz CT molecular complexity index is 1270. The third kappa shape index (κ3) is 5.67. The van der Waals surface area contributed by atoms with Gasteiger partial charge in [0.25, 0.3) is 5.91 Å². The van der Waals surface area contributed by atoms with Crippen molar-refractivity contribution in [2.24, 2.45) is 0 Å². The summed E-state index contributed by atoms with van der Waals surface area (Å²) in [6, 6.07) is 17.4. The number of rotatable bonds is 8. The Morgan fingerprint density at radius 2 is 1.84 bits per heavy atom. The normalized spacial score (nSPS) is 16.4. The van der Waals surface area contributed by atoms with Crippen molar-refractivity contribution in [1.82, 2.24) is 14.6 Å². The second kappa shape index (κ2) is 11.2.